The van der Waals surface area contributed by atoms with E-state index in [0.29, 0.717) is 12.2 Å². The standard InChI is InChI=1S/C22H19NO4S/c1-14-11-19(22(24)21-3-2-10-27-21)18-12-17(8-9-20(18)23-14)16-6-4-15(5-7-16)13-28(25)26/h2-10,12,19H,11,13H2,1H3,(H,25,26)/p-1/t19-/m0/s1. The van der Waals surface area contributed by atoms with Crippen molar-refractivity contribution in [3.05, 3.63) is 77.7 Å². The summed E-state index contributed by atoms with van der Waals surface area (Å²) in [6.07, 6.45) is 2.06. The minimum absolute atomic E-state index is 0.00180. The third kappa shape index (κ3) is 3.74. The lowest BCUT2D eigenvalue weighted by molar-refractivity contribution is 0.0933. The van der Waals surface area contributed by atoms with Crippen molar-refractivity contribution in [3.63, 3.8) is 0 Å². The molecule has 1 unspecified atom stereocenters. The van der Waals surface area contributed by atoms with Gasteiger partial charge in [-0.15, -0.1) is 0 Å². The first-order chi connectivity index (χ1) is 13.5. The predicted octanol–water partition coefficient (Wildman–Crippen LogP) is 4.79. The summed E-state index contributed by atoms with van der Waals surface area (Å²) >= 11 is -2.11. The highest BCUT2D eigenvalue weighted by atomic mass is 32.2. The van der Waals surface area contributed by atoms with E-state index in [9.17, 15) is 13.6 Å². The number of fused-ring (bicyclic) bond motifs is 1. The molecule has 0 fully saturated rings. The first-order valence-electron chi connectivity index (χ1n) is 8.92. The Morgan fingerprint density at radius 2 is 1.93 bits per heavy atom. The Morgan fingerprint density at radius 1 is 1.18 bits per heavy atom. The molecule has 142 valence electrons. The number of furan rings is 1. The van der Waals surface area contributed by atoms with Crippen LogP contribution in [0.4, 0.5) is 5.69 Å². The Balaban J connectivity index is 1.70. The number of hydrogen-bond acceptors (Lipinski definition) is 5. The van der Waals surface area contributed by atoms with E-state index in [1.54, 1.807) is 24.3 Å². The molecule has 3 aromatic rings. The van der Waals surface area contributed by atoms with Crippen molar-refractivity contribution in [1.29, 1.82) is 0 Å². The molecule has 0 spiro atoms. The molecule has 1 aliphatic rings. The molecule has 0 radical (unpaired) electrons. The summed E-state index contributed by atoms with van der Waals surface area (Å²) in [4.78, 5) is 17.6. The van der Waals surface area contributed by atoms with Gasteiger partial charge in [-0.1, -0.05) is 41.4 Å². The van der Waals surface area contributed by atoms with Crippen LogP contribution in [0.1, 0.15) is 40.9 Å². The summed E-state index contributed by atoms with van der Waals surface area (Å²) in [5.74, 6) is -0.0317. The molecule has 2 atom stereocenters. The SMILES string of the molecule is CC1=Nc2ccc(-c3ccc(CS(=O)[O-])cc3)cc2[C@@H](C(=O)c2ccco2)C1. The molecule has 2 heterocycles. The molecule has 0 bridgehead atoms. The predicted molar refractivity (Wildman–Crippen MR) is 108 cm³/mol. The monoisotopic (exact) mass is 392 g/mol. The zero-order valence-corrected chi connectivity index (χ0v) is 16.1. The molecule has 6 heteroatoms. The second kappa shape index (κ2) is 7.66. The number of rotatable bonds is 5. The molecular formula is C22H18NO4S-. The largest absolute Gasteiger partial charge is 0.772 e. The van der Waals surface area contributed by atoms with Gasteiger partial charge >= 0.3 is 0 Å². The van der Waals surface area contributed by atoms with E-state index in [4.69, 9.17) is 4.42 Å². The van der Waals surface area contributed by atoms with Crippen molar-refractivity contribution in [2.75, 3.05) is 0 Å². The zero-order valence-electron chi connectivity index (χ0n) is 15.3. The van der Waals surface area contributed by atoms with Crippen LogP contribution in [-0.4, -0.2) is 20.3 Å². The van der Waals surface area contributed by atoms with E-state index >= 15 is 0 Å². The van der Waals surface area contributed by atoms with Crippen molar-refractivity contribution in [1.82, 2.24) is 0 Å². The van der Waals surface area contributed by atoms with Crippen LogP contribution in [0, 0.1) is 0 Å². The quantitative estimate of drug-likeness (QED) is 0.462. The van der Waals surface area contributed by atoms with Gasteiger partial charge in [-0.05, 0) is 59.9 Å². The Morgan fingerprint density at radius 3 is 2.61 bits per heavy atom. The number of carbonyl (C=O) groups excluding carboxylic acids is 1. The van der Waals surface area contributed by atoms with Gasteiger partial charge in [0.15, 0.2) is 5.76 Å². The Kier molecular flexibility index (Phi) is 5.07. The molecule has 0 N–H and O–H groups in total. The van der Waals surface area contributed by atoms with Gasteiger partial charge < -0.3 is 8.97 Å². The minimum Gasteiger partial charge on any atom is -0.772 e. The van der Waals surface area contributed by atoms with Crippen molar-refractivity contribution in [2.45, 2.75) is 25.0 Å². The van der Waals surface area contributed by atoms with Crippen molar-refractivity contribution < 1.29 is 18.0 Å². The van der Waals surface area contributed by atoms with Crippen LogP contribution >= 0.6 is 0 Å². The van der Waals surface area contributed by atoms with Gasteiger partial charge in [-0.25, -0.2) is 0 Å². The van der Waals surface area contributed by atoms with Crippen LogP contribution in [-0.2, 0) is 16.8 Å². The average Bonchev–Trinajstić information content (AvgIpc) is 3.21. The van der Waals surface area contributed by atoms with E-state index in [2.05, 4.69) is 4.99 Å². The maximum absolute atomic E-state index is 13.0. The van der Waals surface area contributed by atoms with Crippen molar-refractivity contribution in [3.8, 4) is 11.1 Å². The molecule has 4 rings (SSSR count). The molecule has 5 nitrogen and oxygen atoms in total. The zero-order chi connectivity index (χ0) is 19.7. The third-order valence-electron chi connectivity index (χ3n) is 4.87. The highest BCUT2D eigenvalue weighted by Crippen LogP contribution is 2.39. The molecule has 1 aromatic heterocycles. The number of hydrogen-bond donors (Lipinski definition) is 0. The van der Waals surface area contributed by atoms with Gasteiger partial charge in [0.05, 0.1) is 17.9 Å². The number of Topliss-reactive ketones (excluding diaryl/α,β-unsaturated/α-hetero) is 1. The van der Waals surface area contributed by atoms with Crippen LogP contribution in [0.15, 0.2) is 70.3 Å². The van der Waals surface area contributed by atoms with Crippen LogP contribution in [0.5, 0.6) is 0 Å². The van der Waals surface area contributed by atoms with Gasteiger partial charge in [0.2, 0.25) is 5.78 Å². The second-order valence-electron chi connectivity index (χ2n) is 6.86. The van der Waals surface area contributed by atoms with E-state index < -0.39 is 11.1 Å². The maximum Gasteiger partial charge on any atom is 0.205 e. The summed E-state index contributed by atoms with van der Waals surface area (Å²) < 4.78 is 27.0. The molecule has 0 amide bonds. The Bertz CT molecular complexity index is 1070. The summed E-state index contributed by atoms with van der Waals surface area (Å²) in [5, 5.41) is 0. The van der Waals surface area contributed by atoms with Gasteiger partial charge in [-0.3, -0.25) is 14.0 Å². The molecular weight excluding hydrogens is 374 g/mol. The van der Waals surface area contributed by atoms with Crippen LogP contribution in [0.25, 0.3) is 11.1 Å². The Hall–Kier alpha value is -2.83. The van der Waals surface area contributed by atoms with Gasteiger partial charge in [0.1, 0.15) is 0 Å². The lowest BCUT2D eigenvalue weighted by Crippen LogP contribution is -2.18. The Labute approximate surface area is 165 Å². The van der Waals surface area contributed by atoms with E-state index in [-0.39, 0.29) is 17.5 Å². The summed E-state index contributed by atoms with van der Waals surface area (Å²) in [6, 6.07) is 16.7. The third-order valence-corrected chi connectivity index (χ3v) is 5.44. The number of nitrogens with zero attached hydrogens (tertiary/aromatic N) is 1. The lowest BCUT2D eigenvalue weighted by Gasteiger charge is -2.23. The normalized spacial score (nSPS) is 16.9. The summed E-state index contributed by atoms with van der Waals surface area (Å²) in [5.41, 5.74) is 5.26. The number of ketones is 1. The number of carbonyl (C=O) groups is 1. The average molecular weight is 392 g/mol. The maximum atomic E-state index is 13.0. The second-order valence-corrected chi connectivity index (χ2v) is 7.76. The molecule has 28 heavy (non-hydrogen) atoms. The molecule has 0 saturated heterocycles. The van der Waals surface area contributed by atoms with Crippen molar-refractivity contribution in [2.24, 2.45) is 4.99 Å². The molecule has 2 aromatic carbocycles. The fraction of sp³-hybridized carbons (Fsp3) is 0.182. The van der Waals surface area contributed by atoms with Crippen LogP contribution in [0.3, 0.4) is 0 Å². The topological polar surface area (TPSA) is 82.7 Å². The van der Waals surface area contributed by atoms with Crippen molar-refractivity contribution >= 4 is 28.3 Å². The van der Waals surface area contributed by atoms with Crippen LogP contribution < -0.4 is 0 Å². The minimum atomic E-state index is -2.11. The summed E-state index contributed by atoms with van der Waals surface area (Å²) in [7, 11) is 0. The van der Waals surface area contributed by atoms with Gasteiger partial charge in [0, 0.05) is 11.5 Å². The first-order valence-corrected chi connectivity index (χ1v) is 10.2. The fourth-order valence-electron chi connectivity index (χ4n) is 3.53. The van der Waals surface area contributed by atoms with Crippen LogP contribution in [0.2, 0.25) is 0 Å². The number of aliphatic imine (C=N–C) groups is 1. The molecule has 0 saturated carbocycles. The molecule has 1 aliphatic heterocycles. The fourth-order valence-corrected chi connectivity index (χ4v) is 3.99. The van der Waals surface area contributed by atoms with Gasteiger partial charge in [0.25, 0.3) is 0 Å². The van der Waals surface area contributed by atoms with Gasteiger partial charge in [-0.2, -0.15) is 0 Å². The number of benzene rings is 2. The van der Waals surface area contributed by atoms with E-state index in [1.807, 2.05) is 37.3 Å². The summed E-state index contributed by atoms with van der Waals surface area (Å²) in [6.45, 7) is 1.93. The van der Waals surface area contributed by atoms with E-state index in [0.717, 1.165) is 33.7 Å². The highest BCUT2D eigenvalue weighted by molar-refractivity contribution is 7.78. The smallest absolute Gasteiger partial charge is 0.205 e. The highest BCUT2D eigenvalue weighted by Gasteiger charge is 2.30. The lowest BCUT2D eigenvalue weighted by atomic mass is 9.84. The first kappa shape index (κ1) is 18.5. The molecule has 0 aliphatic carbocycles. The van der Waals surface area contributed by atoms with E-state index in [1.165, 1.54) is 6.26 Å².